The van der Waals surface area contributed by atoms with Crippen molar-refractivity contribution in [1.82, 2.24) is 0 Å². The molecule has 0 aliphatic rings. The summed E-state index contributed by atoms with van der Waals surface area (Å²) in [6.07, 6.45) is -0.115. The summed E-state index contributed by atoms with van der Waals surface area (Å²) in [6.45, 7) is 0.573. The quantitative estimate of drug-likeness (QED) is 0.765. The molecule has 0 unspecified atom stereocenters. The highest BCUT2D eigenvalue weighted by Gasteiger charge is 2.14. The number of aryl methyl sites for hydroxylation is 2. The molecule has 0 N–H and O–H groups in total. The summed E-state index contributed by atoms with van der Waals surface area (Å²) in [5.74, 6) is 0.0153. The Morgan fingerprint density at radius 2 is 2.06 bits per heavy atom. The molecule has 2 nitrogen and oxygen atoms in total. The summed E-state index contributed by atoms with van der Waals surface area (Å²) in [5.41, 5.74) is 1.91. The second-order valence-electron chi connectivity index (χ2n) is 3.47. The smallest absolute Gasteiger partial charge is 0.387 e. The van der Waals surface area contributed by atoms with Gasteiger partial charge in [0.1, 0.15) is 5.75 Å². The fourth-order valence-electron chi connectivity index (χ4n) is 1.53. The lowest BCUT2D eigenvalue weighted by Gasteiger charge is -2.13. The van der Waals surface area contributed by atoms with Crippen LogP contribution in [-0.2, 0) is 11.2 Å². The molecule has 5 heteroatoms. The summed E-state index contributed by atoms with van der Waals surface area (Å²) in [5, 5.41) is -0.605. The molecule has 0 radical (unpaired) electrons. The molecular weight excluding hydrogens is 238 g/mol. The Morgan fingerprint density at radius 1 is 1.44 bits per heavy atom. The third-order valence-corrected chi connectivity index (χ3v) is 2.24. The van der Waals surface area contributed by atoms with Gasteiger partial charge in [-0.05, 0) is 42.6 Å². The van der Waals surface area contributed by atoms with Crippen LogP contribution in [0.1, 0.15) is 16.7 Å². The first-order valence-corrected chi connectivity index (χ1v) is 5.01. The van der Waals surface area contributed by atoms with Gasteiger partial charge in [0.25, 0.3) is 0 Å². The van der Waals surface area contributed by atoms with Crippen molar-refractivity contribution >= 4 is 16.8 Å². The van der Waals surface area contributed by atoms with E-state index in [1.807, 2.05) is 0 Å². The number of ether oxygens (including phenoxy) is 1. The fraction of sp³-hybridized carbons (Fsp3) is 0.364. The van der Waals surface area contributed by atoms with Crippen LogP contribution in [0, 0.1) is 13.8 Å². The van der Waals surface area contributed by atoms with Crippen LogP contribution in [-0.4, -0.2) is 11.9 Å². The maximum absolute atomic E-state index is 12.2. The topological polar surface area (TPSA) is 26.3 Å². The molecule has 0 aliphatic heterocycles. The van der Waals surface area contributed by atoms with Crippen LogP contribution in [0.25, 0.3) is 0 Å². The Balaban J connectivity index is 3.15. The molecule has 0 spiro atoms. The highest BCUT2D eigenvalue weighted by Crippen LogP contribution is 2.27. The number of alkyl halides is 2. The number of carbonyl (C=O) groups excluding carboxylic acids is 1. The first-order valence-electron chi connectivity index (χ1n) is 4.63. The summed E-state index contributed by atoms with van der Waals surface area (Å²) < 4.78 is 28.7. The third kappa shape index (κ3) is 3.45. The maximum atomic E-state index is 12.2. The van der Waals surface area contributed by atoms with Gasteiger partial charge in [-0.3, -0.25) is 4.79 Å². The van der Waals surface area contributed by atoms with Crippen molar-refractivity contribution in [2.24, 2.45) is 0 Å². The van der Waals surface area contributed by atoms with Gasteiger partial charge in [0.05, 0.1) is 6.42 Å². The molecule has 0 fully saturated rings. The van der Waals surface area contributed by atoms with Gasteiger partial charge in [0, 0.05) is 5.56 Å². The van der Waals surface area contributed by atoms with Crippen molar-refractivity contribution in [2.75, 3.05) is 0 Å². The average molecular weight is 249 g/mol. The highest BCUT2D eigenvalue weighted by atomic mass is 35.5. The number of benzene rings is 1. The van der Waals surface area contributed by atoms with E-state index in [4.69, 9.17) is 11.6 Å². The molecule has 0 saturated carbocycles. The normalized spacial score (nSPS) is 10.6. The van der Waals surface area contributed by atoms with Crippen LogP contribution in [0.15, 0.2) is 12.1 Å². The zero-order valence-electron chi connectivity index (χ0n) is 8.89. The van der Waals surface area contributed by atoms with Crippen LogP contribution in [0.4, 0.5) is 8.78 Å². The Kier molecular flexibility index (Phi) is 4.24. The highest BCUT2D eigenvalue weighted by molar-refractivity contribution is 6.63. The minimum absolute atomic E-state index is 0.0153. The van der Waals surface area contributed by atoms with Crippen LogP contribution >= 0.6 is 11.6 Å². The molecule has 1 rings (SSSR count). The monoisotopic (exact) mass is 248 g/mol. The van der Waals surface area contributed by atoms with Gasteiger partial charge in [-0.1, -0.05) is 6.07 Å². The number of carbonyl (C=O) groups is 1. The van der Waals surface area contributed by atoms with Gasteiger partial charge in [-0.2, -0.15) is 8.78 Å². The van der Waals surface area contributed by atoms with Crippen molar-refractivity contribution in [3.63, 3.8) is 0 Å². The van der Waals surface area contributed by atoms with E-state index >= 15 is 0 Å². The van der Waals surface area contributed by atoms with Gasteiger partial charge in [-0.25, -0.2) is 0 Å². The molecular formula is C11H11ClF2O2. The summed E-state index contributed by atoms with van der Waals surface area (Å²) >= 11 is 5.25. The van der Waals surface area contributed by atoms with Crippen molar-refractivity contribution in [1.29, 1.82) is 0 Å². The van der Waals surface area contributed by atoms with E-state index < -0.39 is 11.9 Å². The van der Waals surface area contributed by atoms with E-state index in [9.17, 15) is 13.6 Å². The first kappa shape index (κ1) is 12.9. The SMILES string of the molecule is Cc1cc(C)c(CC(=O)Cl)c(OC(F)F)c1. The number of halogens is 3. The van der Waals surface area contributed by atoms with Crippen LogP contribution in [0.3, 0.4) is 0 Å². The molecule has 0 atom stereocenters. The number of hydrogen-bond donors (Lipinski definition) is 0. The maximum Gasteiger partial charge on any atom is 0.387 e. The lowest BCUT2D eigenvalue weighted by atomic mass is 10.0. The largest absolute Gasteiger partial charge is 0.435 e. The molecule has 1 aromatic carbocycles. The summed E-state index contributed by atoms with van der Waals surface area (Å²) in [6, 6.07) is 3.25. The molecule has 16 heavy (non-hydrogen) atoms. The molecule has 0 amide bonds. The van der Waals surface area contributed by atoms with Gasteiger partial charge in [0.2, 0.25) is 5.24 Å². The lowest BCUT2D eigenvalue weighted by molar-refractivity contribution is -0.111. The average Bonchev–Trinajstić information content (AvgIpc) is 2.09. The second-order valence-corrected chi connectivity index (χ2v) is 3.89. The Bertz CT molecular complexity index is 405. The lowest BCUT2D eigenvalue weighted by Crippen LogP contribution is -2.07. The third-order valence-electron chi connectivity index (χ3n) is 2.11. The molecule has 0 saturated heterocycles. The Hall–Kier alpha value is -1.16. The van der Waals surface area contributed by atoms with Crippen molar-refractivity contribution in [3.05, 3.63) is 28.8 Å². The van der Waals surface area contributed by atoms with Gasteiger partial charge >= 0.3 is 6.61 Å². The van der Waals surface area contributed by atoms with Gasteiger partial charge in [0.15, 0.2) is 0 Å². The zero-order chi connectivity index (χ0) is 12.3. The van der Waals surface area contributed by atoms with Crippen LogP contribution in [0.5, 0.6) is 5.75 Å². The number of rotatable bonds is 4. The zero-order valence-corrected chi connectivity index (χ0v) is 9.65. The van der Waals surface area contributed by atoms with Crippen LogP contribution in [0.2, 0.25) is 0 Å². The fourth-order valence-corrected chi connectivity index (χ4v) is 1.66. The molecule has 1 aromatic rings. The van der Waals surface area contributed by atoms with Gasteiger partial charge < -0.3 is 4.74 Å². The minimum atomic E-state index is -2.91. The second kappa shape index (κ2) is 5.25. The predicted molar refractivity (Wildman–Crippen MR) is 57.1 cm³/mol. The molecule has 0 bridgehead atoms. The van der Waals surface area contributed by atoms with E-state index in [1.165, 1.54) is 6.07 Å². The van der Waals surface area contributed by atoms with E-state index in [0.717, 1.165) is 5.56 Å². The first-order chi connectivity index (χ1) is 7.40. The van der Waals surface area contributed by atoms with Crippen molar-refractivity contribution in [3.8, 4) is 5.75 Å². The van der Waals surface area contributed by atoms with Crippen LogP contribution < -0.4 is 4.74 Å². The molecule has 0 aliphatic carbocycles. The van der Waals surface area contributed by atoms with Crippen molar-refractivity contribution in [2.45, 2.75) is 26.9 Å². The Morgan fingerprint density at radius 3 is 2.56 bits per heavy atom. The summed E-state index contributed by atoms with van der Waals surface area (Å²) in [4.78, 5) is 10.8. The molecule has 0 aromatic heterocycles. The van der Waals surface area contributed by atoms with Crippen molar-refractivity contribution < 1.29 is 18.3 Å². The standard InChI is InChI=1S/C11H11ClF2O2/c1-6-3-7(2)8(5-10(12)15)9(4-6)16-11(13)14/h3-4,11H,5H2,1-2H3. The van der Waals surface area contributed by atoms with E-state index in [2.05, 4.69) is 4.74 Å². The van der Waals surface area contributed by atoms with E-state index in [1.54, 1.807) is 19.9 Å². The number of hydrogen-bond acceptors (Lipinski definition) is 2. The van der Waals surface area contributed by atoms with Gasteiger partial charge in [-0.15, -0.1) is 0 Å². The van der Waals surface area contributed by atoms with E-state index in [-0.39, 0.29) is 12.2 Å². The molecule has 88 valence electrons. The Labute approximate surface area is 97.2 Å². The minimum Gasteiger partial charge on any atom is -0.435 e. The van der Waals surface area contributed by atoms with E-state index in [0.29, 0.717) is 11.1 Å². The molecule has 0 heterocycles. The predicted octanol–water partition coefficient (Wildman–Crippen LogP) is 3.21. The summed E-state index contributed by atoms with van der Waals surface area (Å²) in [7, 11) is 0.